The van der Waals surface area contributed by atoms with E-state index < -0.39 is 0 Å². The van der Waals surface area contributed by atoms with Crippen molar-refractivity contribution in [2.75, 3.05) is 31.1 Å². The normalized spacial score (nSPS) is 16.6. The summed E-state index contributed by atoms with van der Waals surface area (Å²) in [5.41, 5.74) is 5.33. The summed E-state index contributed by atoms with van der Waals surface area (Å²) in [6.07, 6.45) is 3.92. The van der Waals surface area contributed by atoms with Crippen molar-refractivity contribution >= 4 is 23.6 Å². The number of thioether (sulfide) groups is 1. The molecular formula is C13H25N3O2S. The Labute approximate surface area is 119 Å². The molecule has 6 heteroatoms. The van der Waals surface area contributed by atoms with Gasteiger partial charge in [-0.2, -0.15) is 11.8 Å². The average Bonchev–Trinajstić information content (AvgIpc) is 2.91. The molecule has 110 valence electrons. The largest absolute Gasteiger partial charge is 0.368 e. The summed E-state index contributed by atoms with van der Waals surface area (Å²) in [5.74, 6) is 1.21. The van der Waals surface area contributed by atoms with Gasteiger partial charge in [0.15, 0.2) is 0 Å². The van der Waals surface area contributed by atoms with Gasteiger partial charge in [-0.25, -0.2) is 0 Å². The zero-order valence-electron chi connectivity index (χ0n) is 11.7. The number of nitrogens with one attached hydrogen (secondary N) is 1. The highest BCUT2D eigenvalue weighted by molar-refractivity contribution is 7.99. The second kappa shape index (κ2) is 9.20. The smallest absolute Gasteiger partial charge is 0.234 e. The van der Waals surface area contributed by atoms with Crippen LogP contribution in [0, 0.1) is 0 Å². The summed E-state index contributed by atoms with van der Waals surface area (Å²) in [7, 11) is 0. The second-order valence-electron chi connectivity index (χ2n) is 4.84. The van der Waals surface area contributed by atoms with E-state index >= 15 is 0 Å². The predicted octanol–water partition coefficient (Wildman–Crippen LogP) is 0.586. The van der Waals surface area contributed by atoms with Gasteiger partial charge in [-0.1, -0.05) is 6.92 Å². The van der Waals surface area contributed by atoms with Crippen molar-refractivity contribution in [3.63, 3.8) is 0 Å². The van der Waals surface area contributed by atoms with Gasteiger partial charge in [0.2, 0.25) is 11.8 Å². The molecule has 0 aliphatic carbocycles. The van der Waals surface area contributed by atoms with Gasteiger partial charge in [-0.15, -0.1) is 0 Å². The van der Waals surface area contributed by atoms with Crippen LogP contribution in [0.2, 0.25) is 0 Å². The zero-order chi connectivity index (χ0) is 14.1. The van der Waals surface area contributed by atoms with Crippen LogP contribution in [0.15, 0.2) is 0 Å². The van der Waals surface area contributed by atoms with Gasteiger partial charge in [0.1, 0.15) is 0 Å². The lowest BCUT2D eigenvalue weighted by atomic mass is 10.2. The molecule has 19 heavy (non-hydrogen) atoms. The Balaban J connectivity index is 2.13. The van der Waals surface area contributed by atoms with E-state index in [0.29, 0.717) is 12.2 Å². The Hall–Kier alpha value is -0.750. The van der Waals surface area contributed by atoms with E-state index in [1.807, 2.05) is 4.90 Å². The number of likely N-dealkylation sites (tertiary alicyclic amines) is 1. The molecule has 5 nitrogen and oxygen atoms in total. The minimum Gasteiger partial charge on any atom is -0.368 e. The summed E-state index contributed by atoms with van der Waals surface area (Å²) in [6.45, 7) is 4.65. The maximum atomic E-state index is 11.8. The summed E-state index contributed by atoms with van der Waals surface area (Å²) in [6, 6.07) is -0.269. The molecule has 1 saturated heterocycles. The van der Waals surface area contributed by atoms with Crippen LogP contribution in [0.5, 0.6) is 0 Å². The van der Waals surface area contributed by atoms with Crippen molar-refractivity contribution in [2.24, 2.45) is 5.73 Å². The van der Waals surface area contributed by atoms with E-state index in [1.54, 1.807) is 11.8 Å². The topological polar surface area (TPSA) is 75.4 Å². The SMILES string of the molecule is CCCNC(CCSCC(=O)N1CCCC1)C(N)=O. The highest BCUT2D eigenvalue weighted by Gasteiger charge is 2.18. The van der Waals surface area contributed by atoms with Gasteiger partial charge in [0, 0.05) is 13.1 Å². The summed E-state index contributed by atoms with van der Waals surface area (Å²) >= 11 is 1.59. The number of rotatable bonds is 9. The van der Waals surface area contributed by atoms with Crippen LogP contribution in [-0.2, 0) is 9.59 Å². The second-order valence-corrected chi connectivity index (χ2v) is 5.94. The molecule has 0 spiro atoms. The third-order valence-electron chi connectivity index (χ3n) is 3.22. The number of hydrogen-bond acceptors (Lipinski definition) is 4. The van der Waals surface area contributed by atoms with E-state index in [2.05, 4.69) is 12.2 Å². The zero-order valence-corrected chi connectivity index (χ0v) is 12.5. The molecule has 1 rings (SSSR count). The third-order valence-corrected chi connectivity index (χ3v) is 4.19. The van der Waals surface area contributed by atoms with Crippen LogP contribution in [0.1, 0.15) is 32.6 Å². The molecule has 0 saturated carbocycles. The van der Waals surface area contributed by atoms with Gasteiger partial charge in [0.25, 0.3) is 0 Å². The third kappa shape index (κ3) is 6.29. The molecule has 1 unspecified atom stereocenters. The van der Waals surface area contributed by atoms with E-state index in [4.69, 9.17) is 5.73 Å². The molecule has 0 aromatic rings. The minimum atomic E-state index is -0.306. The number of primary amides is 1. The molecule has 1 fully saturated rings. The molecule has 0 bridgehead atoms. The minimum absolute atomic E-state index is 0.222. The molecule has 1 atom stereocenters. The van der Waals surface area contributed by atoms with Crippen molar-refractivity contribution in [3.05, 3.63) is 0 Å². The monoisotopic (exact) mass is 287 g/mol. The number of amides is 2. The highest BCUT2D eigenvalue weighted by atomic mass is 32.2. The van der Waals surface area contributed by atoms with E-state index in [9.17, 15) is 9.59 Å². The molecule has 1 heterocycles. The van der Waals surface area contributed by atoms with Gasteiger partial charge < -0.3 is 16.0 Å². The standard InChI is InChI=1S/C13H25N3O2S/c1-2-6-15-11(13(14)18)5-9-19-10-12(17)16-7-3-4-8-16/h11,15H,2-10H2,1H3,(H2,14,18). The van der Waals surface area contributed by atoms with Gasteiger partial charge in [-0.05, 0) is 38.0 Å². The van der Waals surface area contributed by atoms with E-state index in [1.165, 1.54) is 0 Å². The van der Waals surface area contributed by atoms with Gasteiger partial charge in [0.05, 0.1) is 11.8 Å². The van der Waals surface area contributed by atoms with Crippen molar-refractivity contribution in [1.29, 1.82) is 0 Å². The van der Waals surface area contributed by atoms with Gasteiger partial charge >= 0.3 is 0 Å². The van der Waals surface area contributed by atoms with E-state index in [0.717, 1.165) is 44.6 Å². The Bertz CT molecular complexity index is 294. The summed E-state index contributed by atoms with van der Waals surface area (Å²) in [4.78, 5) is 24.9. The van der Waals surface area contributed by atoms with Gasteiger partial charge in [-0.3, -0.25) is 9.59 Å². The summed E-state index contributed by atoms with van der Waals surface area (Å²) in [5, 5.41) is 3.13. The fourth-order valence-electron chi connectivity index (χ4n) is 2.08. The number of nitrogens with zero attached hydrogens (tertiary/aromatic N) is 1. The fraction of sp³-hybridized carbons (Fsp3) is 0.846. The Kier molecular flexibility index (Phi) is 7.90. The van der Waals surface area contributed by atoms with Crippen molar-refractivity contribution in [3.8, 4) is 0 Å². The highest BCUT2D eigenvalue weighted by Crippen LogP contribution is 2.11. The lowest BCUT2D eigenvalue weighted by molar-refractivity contribution is -0.127. The Morgan fingerprint density at radius 2 is 2.05 bits per heavy atom. The Morgan fingerprint density at radius 1 is 1.37 bits per heavy atom. The molecule has 1 aliphatic rings. The maximum Gasteiger partial charge on any atom is 0.234 e. The van der Waals surface area contributed by atoms with Crippen molar-refractivity contribution in [2.45, 2.75) is 38.6 Å². The summed E-state index contributed by atoms with van der Waals surface area (Å²) < 4.78 is 0. The Morgan fingerprint density at radius 3 is 2.63 bits per heavy atom. The molecule has 1 aliphatic heterocycles. The fourth-order valence-corrected chi connectivity index (χ4v) is 2.99. The molecule has 0 aromatic carbocycles. The molecule has 2 amide bonds. The maximum absolute atomic E-state index is 11.8. The van der Waals surface area contributed by atoms with Crippen LogP contribution in [-0.4, -0.2) is 53.9 Å². The predicted molar refractivity (Wildman–Crippen MR) is 79.0 cm³/mol. The molecule has 0 aromatic heterocycles. The molecule has 3 N–H and O–H groups in total. The number of carbonyl (C=O) groups is 2. The van der Waals surface area contributed by atoms with Crippen LogP contribution in [0.3, 0.4) is 0 Å². The lowest BCUT2D eigenvalue weighted by Crippen LogP contribution is -2.42. The first-order valence-corrected chi connectivity index (χ1v) is 8.18. The number of carbonyl (C=O) groups excluding carboxylic acids is 2. The first kappa shape index (κ1) is 16.3. The van der Waals surface area contributed by atoms with Crippen LogP contribution < -0.4 is 11.1 Å². The number of nitrogens with two attached hydrogens (primary N) is 1. The first-order chi connectivity index (χ1) is 9.15. The quantitative estimate of drug-likeness (QED) is 0.609. The molecular weight excluding hydrogens is 262 g/mol. The van der Waals surface area contributed by atoms with Crippen molar-refractivity contribution < 1.29 is 9.59 Å². The van der Waals surface area contributed by atoms with Crippen molar-refractivity contribution in [1.82, 2.24) is 10.2 Å². The number of hydrogen-bond donors (Lipinski definition) is 2. The van der Waals surface area contributed by atoms with Crippen LogP contribution in [0.25, 0.3) is 0 Å². The molecule has 0 radical (unpaired) electrons. The first-order valence-electron chi connectivity index (χ1n) is 7.03. The average molecular weight is 287 g/mol. The van der Waals surface area contributed by atoms with Crippen LogP contribution in [0.4, 0.5) is 0 Å². The van der Waals surface area contributed by atoms with Crippen LogP contribution >= 0.6 is 11.8 Å². The lowest BCUT2D eigenvalue weighted by Gasteiger charge is -2.16. The van der Waals surface area contributed by atoms with E-state index in [-0.39, 0.29) is 17.9 Å².